The van der Waals surface area contributed by atoms with E-state index in [1.807, 2.05) is 32.9 Å². The van der Waals surface area contributed by atoms with Crippen molar-refractivity contribution < 1.29 is 8.42 Å². The normalized spacial score (nSPS) is 16.9. The SMILES string of the molecule is Cc1cc(C)c(S(=O)(=O)CC2CNC2)c(C)c1. The minimum atomic E-state index is -3.14. The van der Waals surface area contributed by atoms with Crippen molar-refractivity contribution in [2.75, 3.05) is 18.8 Å². The van der Waals surface area contributed by atoms with E-state index >= 15 is 0 Å². The number of aryl methyl sites for hydroxylation is 3. The van der Waals surface area contributed by atoms with Crippen molar-refractivity contribution in [2.45, 2.75) is 25.7 Å². The summed E-state index contributed by atoms with van der Waals surface area (Å²) in [6, 6.07) is 3.89. The lowest BCUT2D eigenvalue weighted by Crippen LogP contribution is -2.45. The fourth-order valence-corrected chi connectivity index (χ4v) is 4.64. The Kier molecular flexibility index (Phi) is 3.27. The monoisotopic (exact) mass is 253 g/mol. The van der Waals surface area contributed by atoms with E-state index in [2.05, 4.69) is 5.32 Å². The molecule has 3 nitrogen and oxygen atoms in total. The van der Waals surface area contributed by atoms with Crippen molar-refractivity contribution in [2.24, 2.45) is 5.92 Å². The van der Waals surface area contributed by atoms with Crippen LogP contribution in [0, 0.1) is 26.7 Å². The molecule has 1 heterocycles. The second-order valence-electron chi connectivity index (χ2n) is 5.03. The van der Waals surface area contributed by atoms with Gasteiger partial charge in [0, 0.05) is 13.1 Å². The molecule has 94 valence electrons. The van der Waals surface area contributed by atoms with E-state index in [9.17, 15) is 8.42 Å². The van der Waals surface area contributed by atoms with Gasteiger partial charge in [-0.3, -0.25) is 0 Å². The maximum Gasteiger partial charge on any atom is 0.179 e. The summed E-state index contributed by atoms with van der Waals surface area (Å²) in [5.74, 6) is 0.546. The minimum absolute atomic E-state index is 0.269. The molecular weight excluding hydrogens is 234 g/mol. The zero-order chi connectivity index (χ0) is 12.6. The Hall–Kier alpha value is -0.870. The molecule has 1 aliphatic heterocycles. The molecular formula is C13H19NO2S. The van der Waals surface area contributed by atoms with Gasteiger partial charge in [-0.2, -0.15) is 0 Å². The first kappa shape index (κ1) is 12.6. The van der Waals surface area contributed by atoms with Crippen LogP contribution in [-0.4, -0.2) is 27.3 Å². The average molecular weight is 253 g/mol. The lowest BCUT2D eigenvalue weighted by atomic mass is 10.1. The Bertz CT molecular complexity index is 507. The summed E-state index contributed by atoms with van der Waals surface area (Å²) in [5, 5.41) is 3.11. The fraction of sp³-hybridized carbons (Fsp3) is 0.538. The number of nitrogens with one attached hydrogen (secondary N) is 1. The zero-order valence-corrected chi connectivity index (χ0v) is 11.4. The van der Waals surface area contributed by atoms with Gasteiger partial charge in [0.2, 0.25) is 0 Å². The number of hydrogen-bond donors (Lipinski definition) is 1. The van der Waals surface area contributed by atoms with Gasteiger partial charge in [0.15, 0.2) is 9.84 Å². The van der Waals surface area contributed by atoms with Gasteiger partial charge < -0.3 is 5.32 Å². The van der Waals surface area contributed by atoms with Crippen LogP contribution in [-0.2, 0) is 9.84 Å². The number of rotatable bonds is 3. The highest BCUT2D eigenvalue weighted by atomic mass is 32.2. The van der Waals surface area contributed by atoms with Gasteiger partial charge in [-0.1, -0.05) is 17.7 Å². The Morgan fingerprint density at radius 2 is 1.71 bits per heavy atom. The molecule has 1 fully saturated rings. The van der Waals surface area contributed by atoms with Gasteiger partial charge in [-0.25, -0.2) is 8.42 Å². The highest BCUT2D eigenvalue weighted by molar-refractivity contribution is 7.91. The van der Waals surface area contributed by atoms with Gasteiger partial charge in [-0.05, 0) is 37.8 Å². The number of hydrogen-bond acceptors (Lipinski definition) is 3. The lowest BCUT2D eigenvalue weighted by molar-refractivity contribution is 0.378. The van der Waals surface area contributed by atoms with Crippen LogP contribution in [0.1, 0.15) is 16.7 Å². The van der Waals surface area contributed by atoms with Crippen molar-refractivity contribution in [3.63, 3.8) is 0 Å². The van der Waals surface area contributed by atoms with Crippen LogP contribution < -0.4 is 5.32 Å². The first-order valence-corrected chi connectivity index (χ1v) is 7.56. The second kappa shape index (κ2) is 4.42. The average Bonchev–Trinajstić information content (AvgIpc) is 2.09. The van der Waals surface area contributed by atoms with Crippen LogP contribution in [0.5, 0.6) is 0 Å². The van der Waals surface area contributed by atoms with E-state index < -0.39 is 9.84 Å². The summed E-state index contributed by atoms with van der Waals surface area (Å²) < 4.78 is 24.7. The second-order valence-corrected chi connectivity index (χ2v) is 7.00. The van der Waals surface area contributed by atoms with Gasteiger partial charge in [-0.15, -0.1) is 0 Å². The molecule has 4 heteroatoms. The molecule has 0 atom stereocenters. The zero-order valence-electron chi connectivity index (χ0n) is 10.6. The number of benzene rings is 1. The van der Waals surface area contributed by atoms with Crippen LogP contribution in [0.3, 0.4) is 0 Å². The molecule has 0 unspecified atom stereocenters. The summed E-state index contributed by atoms with van der Waals surface area (Å²) in [4.78, 5) is 0.537. The molecule has 1 N–H and O–H groups in total. The molecule has 1 saturated heterocycles. The predicted molar refractivity (Wildman–Crippen MR) is 69.1 cm³/mol. The quantitative estimate of drug-likeness (QED) is 0.890. The van der Waals surface area contributed by atoms with Crippen LogP contribution in [0.4, 0.5) is 0 Å². The largest absolute Gasteiger partial charge is 0.316 e. The Morgan fingerprint density at radius 3 is 2.12 bits per heavy atom. The standard InChI is InChI=1S/C13H19NO2S/c1-9-4-10(2)13(11(3)5-9)17(15,16)8-12-6-14-7-12/h4-5,12,14H,6-8H2,1-3H3. The molecule has 0 bridgehead atoms. The maximum atomic E-state index is 12.4. The lowest BCUT2D eigenvalue weighted by Gasteiger charge is -2.27. The summed E-state index contributed by atoms with van der Waals surface area (Å²) in [5.41, 5.74) is 2.86. The molecule has 0 saturated carbocycles. The third-order valence-corrected chi connectivity index (χ3v) is 5.41. The highest BCUT2D eigenvalue weighted by Crippen LogP contribution is 2.24. The summed E-state index contributed by atoms with van der Waals surface area (Å²) >= 11 is 0. The summed E-state index contributed by atoms with van der Waals surface area (Å²) in [7, 11) is -3.14. The molecule has 0 aliphatic carbocycles. The topological polar surface area (TPSA) is 46.2 Å². The Morgan fingerprint density at radius 1 is 1.18 bits per heavy atom. The molecule has 0 radical (unpaired) electrons. The predicted octanol–water partition coefficient (Wildman–Crippen LogP) is 1.60. The van der Waals surface area contributed by atoms with Gasteiger partial charge in [0.05, 0.1) is 10.6 Å². The molecule has 17 heavy (non-hydrogen) atoms. The third-order valence-electron chi connectivity index (χ3n) is 3.24. The van der Waals surface area contributed by atoms with Crippen LogP contribution in [0.25, 0.3) is 0 Å². The van der Waals surface area contributed by atoms with Crippen molar-refractivity contribution in [3.05, 3.63) is 28.8 Å². The molecule has 0 aromatic heterocycles. The van der Waals surface area contributed by atoms with Crippen molar-refractivity contribution in [3.8, 4) is 0 Å². The van der Waals surface area contributed by atoms with E-state index in [0.717, 1.165) is 29.8 Å². The molecule has 0 spiro atoms. The Labute approximate surface area is 103 Å². The van der Waals surface area contributed by atoms with Crippen LogP contribution in [0.15, 0.2) is 17.0 Å². The first-order valence-electron chi connectivity index (χ1n) is 5.91. The molecule has 1 aliphatic rings. The molecule has 1 aromatic carbocycles. The minimum Gasteiger partial charge on any atom is -0.316 e. The smallest absolute Gasteiger partial charge is 0.179 e. The van der Waals surface area contributed by atoms with Crippen molar-refractivity contribution in [1.82, 2.24) is 5.32 Å². The maximum absolute atomic E-state index is 12.4. The van der Waals surface area contributed by atoms with E-state index in [0.29, 0.717) is 4.90 Å². The van der Waals surface area contributed by atoms with Gasteiger partial charge in [0.25, 0.3) is 0 Å². The third kappa shape index (κ3) is 2.53. The number of sulfone groups is 1. The van der Waals surface area contributed by atoms with Crippen molar-refractivity contribution in [1.29, 1.82) is 0 Å². The fourth-order valence-electron chi connectivity index (χ4n) is 2.52. The summed E-state index contributed by atoms with van der Waals surface area (Å²) in [6.45, 7) is 7.40. The Balaban J connectivity index is 2.38. The van der Waals surface area contributed by atoms with Crippen molar-refractivity contribution >= 4 is 9.84 Å². The molecule has 2 rings (SSSR count). The highest BCUT2D eigenvalue weighted by Gasteiger charge is 2.27. The first-order chi connectivity index (χ1) is 7.90. The van der Waals surface area contributed by atoms with Crippen LogP contribution >= 0.6 is 0 Å². The van der Waals surface area contributed by atoms with E-state index in [-0.39, 0.29) is 11.7 Å². The van der Waals surface area contributed by atoms with Gasteiger partial charge in [0.1, 0.15) is 0 Å². The molecule has 1 aromatic rings. The van der Waals surface area contributed by atoms with E-state index in [4.69, 9.17) is 0 Å². The van der Waals surface area contributed by atoms with Crippen LogP contribution in [0.2, 0.25) is 0 Å². The molecule has 0 amide bonds. The van der Waals surface area contributed by atoms with E-state index in [1.165, 1.54) is 0 Å². The van der Waals surface area contributed by atoms with Gasteiger partial charge >= 0.3 is 0 Å². The summed E-state index contributed by atoms with van der Waals surface area (Å²) in [6.07, 6.45) is 0. The van der Waals surface area contributed by atoms with E-state index in [1.54, 1.807) is 0 Å².